The molecule has 0 saturated heterocycles. The Morgan fingerprint density at radius 3 is 2.31 bits per heavy atom. The van der Waals surface area contributed by atoms with Gasteiger partial charge in [0.2, 0.25) is 0 Å². The molecule has 3 unspecified atom stereocenters. The fraction of sp³-hybridized carbons (Fsp3) is 0.923. The Hall–Kier alpha value is -0.570. The smallest absolute Gasteiger partial charge is 0.321 e. The van der Waals surface area contributed by atoms with Crippen LogP contribution in [-0.4, -0.2) is 17.1 Å². The lowest BCUT2D eigenvalue weighted by atomic mass is 9.43. The van der Waals surface area contributed by atoms with Gasteiger partial charge in [-0.15, -0.1) is 0 Å². The first-order valence-corrected chi connectivity index (χ1v) is 6.41. The maximum Gasteiger partial charge on any atom is 0.321 e. The van der Waals surface area contributed by atoms with Gasteiger partial charge in [-0.2, -0.15) is 0 Å². The van der Waals surface area contributed by atoms with Gasteiger partial charge in [0.1, 0.15) is 6.04 Å². The highest BCUT2D eigenvalue weighted by atomic mass is 16.4. The summed E-state index contributed by atoms with van der Waals surface area (Å²) < 4.78 is 0. The van der Waals surface area contributed by atoms with Crippen LogP contribution in [0.15, 0.2) is 0 Å². The van der Waals surface area contributed by atoms with Gasteiger partial charge in [-0.05, 0) is 61.2 Å². The average molecular weight is 223 g/mol. The van der Waals surface area contributed by atoms with Gasteiger partial charge in [0.25, 0.3) is 0 Å². The normalized spacial score (nSPS) is 51.6. The van der Waals surface area contributed by atoms with Gasteiger partial charge in [-0.3, -0.25) is 4.79 Å². The van der Waals surface area contributed by atoms with E-state index in [1.807, 2.05) is 0 Å². The molecule has 4 aliphatic rings. The van der Waals surface area contributed by atoms with Gasteiger partial charge in [-0.25, -0.2) is 0 Å². The van der Waals surface area contributed by atoms with Gasteiger partial charge >= 0.3 is 5.97 Å². The summed E-state index contributed by atoms with van der Waals surface area (Å²) in [5.74, 6) is 0.693. The summed E-state index contributed by atoms with van der Waals surface area (Å²) in [6.07, 6.45) is 7.10. The lowest BCUT2D eigenvalue weighted by Gasteiger charge is -2.62. The van der Waals surface area contributed by atoms with Gasteiger partial charge in [0.15, 0.2) is 0 Å². The molecule has 0 aromatic rings. The van der Waals surface area contributed by atoms with Crippen LogP contribution < -0.4 is 5.73 Å². The van der Waals surface area contributed by atoms with Gasteiger partial charge in [0.05, 0.1) is 0 Å². The zero-order valence-corrected chi connectivity index (χ0v) is 9.91. The van der Waals surface area contributed by atoms with Crippen LogP contribution in [0.4, 0.5) is 0 Å². The highest BCUT2D eigenvalue weighted by molar-refractivity contribution is 5.74. The first-order chi connectivity index (χ1) is 7.42. The summed E-state index contributed by atoms with van der Waals surface area (Å²) in [4.78, 5) is 11.2. The van der Waals surface area contributed by atoms with Crippen molar-refractivity contribution in [1.82, 2.24) is 0 Å². The molecule has 0 aromatic heterocycles. The van der Waals surface area contributed by atoms with E-state index in [0.29, 0.717) is 5.41 Å². The van der Waals surface area contributed by atoms with Crippen LogP contribution >= 0.6 is 0 Å². The predicted octanol–water partition coefficient (Wildman–Crippen LogP) is 2.00. The average Bonchev–Trinajstić information content (AvgIpc) is 2.12. The van der Waals surface area contributed by atoms with Crippen LogP contribution in [0.2, 0.25) is 0 Å². The fourth-order valence-electron chi connectivity index (χ4n) is 5.42. The number of carboxylic acid groups (broad SMARTS) is 1. The number of aliphatic carboxylic acids is 1. The summed E-state index contributed by atoms with van der Waals surface area (Å²) in [6, 6.07) is -0.641. The molecular formula is C13H21NO2. The van der Waals surface area contributed by atoms with Crippen molar-refractivity contribution >= 4 is 5.97 Å². The SMILES string of the molecule is CC12CC3CC(C1)CC(C(N)C(=O)O)(C3)C2. The monoisotopic (exact) mass is 223 g/mol. The summed E-state index contributed by atoms with van der Waals surface area (Å²) in [5.41, 5.74) is 6.28. The molecule has 3 heteroatoms. The third kappa shape index (κ3) is 1.33. The molecule has 4 rings (SSSR count). The number of hydrogen-bond acceptors (Lipinski definition) is 2. The Morgan fingerprint density at radius 2 is 1.88 bits per heavy atom. The Labute approximate surface area is 96.4 Å². The third-order valence-corrected chi connectivity index (χ3v) is 5.32. The first kappa shape index (κ1) is 10.6. The fourth-order valence-corrected chi connectivity index (χ4v) is 5.42. The van der Waals surface area contributed by atoms with Crippen molar-refractivity contribution in [3.05, 3.63) is 0 Å². The van der Waals surface area contributed by atoms with Crippen molar-refractivity contribution in [2.75, 3.05) is 0 Å². The van der Waals surface area contributed by atoms with Crippen molar-refractivity contribution < 1.29 is 9.90 Å². The minimum absolute atomic E-state index is 0.0787. The number of carbonyl (C=O) groups is 1. The molecule has 3 nitrogen and oxygen atoms in total. The predicted molar refractivity (Wildman–Crippen MR) is 60.8 cm³/mol. The van der Waals surface area contributed by atoms with Crippen LogP contribution in [0.1, 0.15) is 45.4 Å². The molecule has 0 amide bonds. The van der Waals surface area contributed by atoms with E-state index in [2.05, 4.69) is 6.92 Å². The van der Waals surface area contributed by atoms with Gasteiger partial charge in [0, 0.05) is 0 Å². The Balaban J connectivity index is 1.94. The summed E-state index contributed by atoms with van der Waals surface area (Å²) in [5, 5.41) is 9.20. The molecule has 3 atom stereocenters. The van der Waals surface area contributed by atoms with E-state index >= 15 is 0 Å². The molecule has 0 spiro atoms. The number of nitrogens with two attached hydrogens (primary N) is 1. The van der Waals surface area contributed by atoms with E-state index in [-0.39, 0.29) is 5.41 Å². The van der Waals surface area contributed by atoms with E-state index in [1.54, 1.807) is 0 Å². The Bertz CT molecular complexity index is 325. The molecule has 0 radical (unpaired) electrons. The van der Waals surface area contributed by atoms with Crippen LogP contribution in [-0.2, 0) is 4.79 Å². The number of hydrogen-bond donors (Lipinski definition) is 2. The molecule has 0 aliphatic heterocycles. The molecule has 0 heterocycles. The van der Waals surface area contributed by atoms with Crippen LogP contribution in [0.3, 0.4) is 0 Å². The second-order valence-electron chi connectivity index (χ2n) is 6.95. The molecule has 4 aliphatic carbocycles. The van der Waals surface area contributed by atoms with E-state index < -0.39 is 12.0 Å². The Kier molecular flexibility index (Phi) is 1.99. The lowest BCUT2D eigenvalue weighted by molar-refractivity contribution is -0.155. The first-order valence-electron chi connectivity index (χ1n) is 6.41. The topological polar surface area (TPSA) is 63.3 Å². The summed E-state index contributed by atoms with van der Waals surface area (Å²) in [7, 11) is 0. The largest absolute Gasteiger partial charge is 0.480 e. The molecular weight excluding hydrogens is 202 g/mol. The van der Waals surface area contributed by atoms with E-state index in [1.165, 1.54) is 19.3 Å². The zero-order chi connectivity index (χ0) is 11.6. The maximum atomic E-state index is 11.2. The van der Waals surface area contributed by atoms with Crippen molar-refractivity contribution in [3.8, 4) is 0 Å². The van der Waals surface area contributed by atoms with Crippen molar-refractivity contribution in [2.45, 2.75) is 51.5 Å². The van der Waals surface area contributed by atoms with Crippen LogP contribution in [0, 0.1) is 22.7 Å². The number of carboxylic acids is 1. The second-order valence-corrected chi connectivity index (χ2v) is 6.95. The number of rotatable bonds is 2. The zero-order valence-electron chi connectivity index (χ0n) is 9.91. The summed E-state index contributed by atoms with van der Waals surface area (Å²) >= 11 is 0. The molecule has 90 valence electrons. The standard InChI is InChI=1S/C13H21NO2/c1-12-3-8-2-9(4-12)6-13(5-8,7-12)10(14)11(15)16/h8-10H,2-7,14H2,1H3,(H,15,16). The highest BCUT2D eigenvalue weighted by Crippen LogP contribution is 2.65. The molecule has 3 N–H and O–H groups in total. The molecule has 0 aromatic carbocycles. The van der Waals surface area contributed by atoms with Crippen molar-refractivity contribution in [1.29, 1.82) is 0 Å². The quantitative estimate of drug-likeness (QED) is 0.752. The van der Waals surface area contributed by atoms with Crippen LogP contribution in [0.5, 0.6) is 0 Å². The van der Waals surface area contributed by atoms with E-state index in [4.69, 9.17) is 5.73 Å². The summed E-state index contributed by atoms with van der Waals surface area (Å²) in [6.45, 7) is 2.34. The molecule has 4 bridgehead atoms. The molecule has 4 fully saturated rings. The Morgan fingerprint density at radius 1 is 1.31 bits per heavy atom. The minimum Gasteiger partial charge on any atom is -0.480 e. The van der Waals surface area contributed by atoms with Crippen molar-refractivity contribution in [2.24, 2.45) is 28.4 Å². The van der Waals surface area contributed by atoms with Gasteiger partial charge < -0.3 is 10.8 Å². The van der Waals surface area contributed by atoms with Crippen LogP contribution in [0.25, 0.3) is 0 Å². The van der Waals surface area contributed by atoms with Crippen molar-refractivity contribution in [3.63, 3.8) is 0 Å². The van der Waals surface area contributed by atoms with E-state index in [9.17, 15) is 9.90 Å². The maximum absolute atomic E-state index is 11.2. The van der Waals surface area contributed by atoms with E-state index in [0.717, 1.165) is 31.1 Å². The highest BCUT2D eigenvalue weighted by Gasteiger charge is 2.59. The molecule has 16 heavy (non-hydrogen) atoms. The third-order valence-electron chi connectivity index (χ3n) is 5.32. The second kappa shape index (κ2) is 3.00. The minimum atomic E-state index is -0.800. The van der Waals surface area contributed by atoms with Gasteiger partial charge in [-0.1, -0.05) is 6.92 Å². The lowest BCUT2D eigenvalue weighted by Crippen LogP contribution is -2.59. The molecule has 4 saturated carbocycles.